The number of carboxylic acids is 3. The Labute approximate surface area is 291 Å². The van der Waals surface area contributed by atoms with Crippen LogP contribution in [0, 0.1) is 41.2 Å². The van der Waals surface area contributed by atoms with Crippen LogP contribution in [0.1, 0.15) is 50.3 Å². The topological polar surface area (TPSA) is 254 Å². The van der Waals surface area contributed by atoms with Gasteiger partial charge in [-0.25, -0.2) is 18.6 Å². The lowest BCUT2D eigenvalue weighted by atomic mass is 9.75. The third kappa shape index (κ3) is 9.83. The molecule has 17 heteroatoms. The van der Waals surface area contributed by atoms with Gasteiger partial charge in [-0.3, -0.25) is 29.4 Å². The summed E-state index contributed by atoms with van der Waals surface area (Å²) >= 11 is 0. The first-order valence-corrected chi connectivity index (χ1v) is 15.9. The predicted octanol–water partition coefficient (Wildman–Crippen LogP) is 1.29. The van der Waals surface area contributed by atoms with Gasteiger partial charge in [0.15, 0.2) is 11.8 Å². The van der Waals surface area contributed by atoms with Crippen LogP contribution in [0.4, 0.5) is 8.78 Å². The third-order valence-electron chi connectivity index (χ3n) is 8.86. The average Bonchev–Trinajstić information content (AvgIpc) is 3.06. The standard InChI is InChI=1S/C34H41F2N3O12/c1-15(2)26(34(49)50)39(38-30(43)17-11-18(32(45)46)13-19(12-17)33(47)48)31(44)25(29(42)27(40)22-6-4-5-7-24(22)51-3)28(41)23(37)10-16-8-20(35)14-21(36)9-16/h4-9,14-15,17-19,23,25-28,40-41H,10-13,37H2,1-3H3,(H,38,43)(H,45,46)(H,47,48)(H,49,50)/t17?,18-,19+,23-,25?,26-,27?,28+/m0/s1. The summed E-state index contributed by atoms with van der Waals surface area (Å²) in [4.78, 5) is 78.3. The van der Waals surface area contributed by atoms with E-state index in [9.17, 15) is 63.1 Å². The number of nitrogens with zero attached hydrogens (tertiary/aromatic N) is 1. The number of nitrogens with two attached hydrogens (primary N) is 1. The monoisotopic (exact) mass is 721 g/mol. The van der Waals surface area contributed by atoms with E-state index in [0.29, 0.717) is 6.07 Å². The van der Waals surface area contributed by atoms with Gasteiger partial charge >= 0.3 is 17.9 Å². The smallest absolute Gasteiger partial charge is 0.328 e. The summed E-state index contributed by atoms with van der Waals surface area (Å²) in [5.74, 6) is -17.8. The maximum atomic E-state index is 14.5. The fraction of sp³-hybridized carbons (Fsp3) is 0.471. The first kappa shape index (κ1) is 40.4. The van der Waals surface area contributed by atoms with Crippen molar-refractivity contribution in [1.82, 2.24) is 10.4 Å². The normalized spacial score (nSPS) is 20.3. The van der Waals surface area contributed by atoms with Gasteiger partial charge in [0.25, 0.3) is 5.91 Å². The third-order valence-corrected chi connectivity index (χ3v) is 8.86. The number of ketones is 1. The summed E-state index contributed by atoms with van der Waals surface area (Å²) in [6, 6.07) is 4.37. The Hall–Kier alpha value is -5.00. The van der Waals surface area contributed by atoms with Crippen LogP contribution in [-0.4, -0.2) is 91.3 Å². The molecule has 1 fully saturated rings. The van der Waals surface area contributed by atoms with Crippen molar-refractivity contribution in [3.8, 4) is 5.75 Å². The van der Waals surface area contributed by atoms with Crippen LogP contribution in [0.3, 0.4) is 0 Å². The number of amides is 2. The summed E-state index contributed by atoms with van der Waals surface area (Å²) in [7, 11) is 1.23. The van der Waals surface area contributed by atoms with Crippen molar-refractivity contribution >= 4 is 35.5 Å². The highest BCUT2D eigenvalue weighted by molar-refractivity contribution is 6.06. The molecule has 0 aliphatic heterocycles. The molecule has 8 N–H and O–H groups in total. The van der Waals surface area contributed by atoms with Crippen molar-refractivity contribution in [2.24, 2.45) is 35.3 Å². The molecule has 0 spiro atoms. The summed E-state index contributed by atoms with van der Waals surface area (Å²) in [5.41, 5.74) is 8.07. The fourth-order valence-corrected chi connectivity index (χ4v) is 6.27. The number of aliphatic hydroxyl groups excluding tert-OH is 2. The molecular weight excluding hydrogens is 680 g/mol. The molecule has 2 aromatic rings. The molecule has 8 atom stereocenters. The summed E-state index contributed by atoms with van der Waals surface area (Å²) in [6.07, 6.45) is -6.00. The molecule has 15 nitrogen and oxygen atoms in total. The van der Waals surface area contributed by atoms with Gasteiger partial charge in [-0.2, -0.15) is 0 Å². The van der Waals surface area contributed by atoms with E-state index < -0.39 is 107 Å². The summed E-state index contributed by atoms with van der Waals surface area (Å²) in [6.45, 7) is 2.71. The zero-order valence-electron chi connectivity index (χ0n) is 27.9. The molecule has 1 aliphatic rings. The Morgan fingerprint density at radius 3 is 1.92 bits per heavy atom. The largest absolute Gasteiger partial charge is 0.496 e. The molecule has 0 aromatic heterocycles. The second-order valence-corrected chi connectivity index (χ2v) is 12.8. The number of benzene rings is 2. The SMILES string of the molecule is COc1ccccc1C(O)C(=O)C(C(=O)N(NC(=O)C1C[C@@H](C(=O)O)C[C@@H](C(=O)O)C1)[C@H](C(=O)O)C(C)C)[C@H](O)[C@@H](N)Cc1cc(F)cc(F)c1. The first-order valence-electron chi connectivity index (χ1n) is 15.9. The van der Waals surface area contributed by atoms with Gasteiger partial charge in [0, 0.05) is 23.6 Å². The maximum Gasteiger partial charge on any atom is 0.328 e. The fourth-order valence-electron chi connectivity index (χ4n) is 6.27. The highest BCUT2D eigenvalue weighted by Gasteiger charge is 2.48. The van der Waals surface area contributed by atoms with Gasteiger partial charge in [-0.1, -0.05) is 32.0 Å². The van der Waals surface area contributed by atoms with Crippen molar-refractivity contribution in [3.05, 3.63) is 65.2 Å². The zero-order chi connectivity index (χ0) is 38.3. The summed E-state index contributed by atoms with van der Waals surface area (Å²) in [5, 5.41) is 52.4. The van der Waals surface area contributed by atoms with Crippen LogP contribution in [0.5, 0.6) is 5.75 Å². The molecule has 2 aromatic carbocycles. The van der Waals surface area contributed by atoms with Crippen LogP contribution in [0.2, 0.25) is 0 Å². The number of aliphatic hydroxyl groups is 2. The van der Waals surface area contributed by atoms with Gasteiger partial charge in [0.05, 0.1) is 25.0 Å². The minimum absolute atomic E-state index is 0.00686. The molecule has 0 radical (unpaired) electrons. The number of para-hydroxylation sites is 1. The second-order valence-electron chi connectivity index (χ2n) is 12.8. The zero-order valence-corrected chi connectivity index (χ0v) is 27.9. The predicted molar refractivity (Wildman–Crippen MR) is 171 cm³/mol. The van der Waals surface area contributed by atoms with Crippen molar-refractivity contribution in [1.29, 1.82) is 0 Å². The number of ether oxygens (including phenoxy) is 1. The Kier molecular flexibility index (Phi) is 13.7. The minimum atomic E-state index is -2.43. The van der Waals surface area contributed by atoms with E-state index in [4.69, 9.17) is 10.5 Å². The van der Waals surface area contributed by atoms with E-state index >= 15 is 0 Å². The number of methoxy groups -OCH3 is 1. The molecule has 2 amide bonds. The molecule has 1 aliphatic carbocycles. The number of carbonyl (C=O) groups excluding carboxylic acids is 3. The van der Waals surface area contributed by atoms with Crippen molar-refractivity contribution in [2.75, 3.05) is 7.11 Å². The Morgan fingerprint density at radius 1 is 0.902 bits per heavy atom. The number of nitrogens with one attached hydrogen (secondary N) is 1. The highest BCUT2D eigenvalue weighted by Crippen LogP contribution is 2.35. The van der Waals surface area contributed by atoms with E-state index in [2.05, 4.69) is 5.43 Å². The highest BCUT2D eigenvalue weighted by atomic mass is 19.1. The van der Waals surface area contributed by atoms with Crippen LogP contribution in [0.25, 0.3) is 0 Å². The first-order chi connectivity index (χ1) is 23.9. The number of carbonyl (C=O) groups is 6. The van der Waals surface area contributed by atoms with Gasteiger partial charge in [0.1, 0.15) is 29.4 Å². The van der Waals surface area contributed by atoms with Gasteiger partial charge in [-0.15, -0.1) is 0 Å². The number of hydrogen-bond donors (Lipinski definition) is 7. The van der Waals surface area contributed by atoms with E-state index in [1.807, 2.05) is 0 Å². The van der Waals surface area contributed by atoms with E-state index in [1.165, 1.54) is 45.2 Å². The van der Waals surface area contributed by atoms with Gasteiger partial charge in [-0.05, 0) is 55.4 Å². The molecule has 0 saturated heterocycles. The minimum Gasteiger partial charge on any atom is -0.496 e. The molecule has 278 valence electrons. The molecule has 3 rings (SSSR count). The molecule has 51 heavy (non-hydrogen) atoms. The van der Waals surface area contributed by atoms with Crippen LogP contribution < -0.4 is 15.9 Å². The van der Waals surface area contributed by atoms with Crippen LogP contribution >= 0.6 is 0 Å². The number of aliphatic carboxylic acids is 3. The Bertz CT molecular complexity index is 1600. The Balaban J connectivity index is 2.12. The average molecular weight is 722 g/mol. The number of hydrazine groups is 1. The molecule has 3 unspecified atom stereocenters. The van der Waals surface area contributed by atoms with Crippen LogP contribution in [-0.2, 0) is 35.2 Å². The van der Waals surface area contributed by atoms with E-state index in [0.717, 1.165) is 12.1 Å². The summed E-state index contributed by atoms with van der Waals surface area (Å²) < 4.78 is 33.1. The molecule has 0 heterocycles. The number of Topliss-reactive ketones (excluding diaryl/α,β-unsaturated/α-hetero) is 1. The van der Waals surface area contributed by atoms with Crippen molar-refractivity contribution in [2.45, 2.75) is 63.8 Å². The lowest BCUT2D eigenvalue weighted by molar-refractivity contribution is -0.167. The lowest BCUT2D eigenvalue weighted by Crippen LogP contribution is -2.63. The number of rotatable bonds is 15. The maximum absolute atomic E-state index is 14.5. The molecule has 1 saturated carbocycles. The number of hydrogen-bond acceptors (Lipinski definition) is 10. The second kappa shape index (κ2) is 17.3. The van der Waals surface area contributed by atoms with E-state index in [-0.39, 0.29) is 41.1 Å². The molecule has 0 bridgehead atoms. The van der Waals surface area contributed by atoms with Gasteiger partial charge < -0.3 is 36.0 Å². The lowest BCUT2D eigenvalue weighted by Gasteiger charge is -2.38. The van der Waals surface area contributed by atoms with Gasteiger partial charge in [0.2, 0.25) is 5.91 Å². The number of halogens is 2. The number of carboxylic acid groups (broad SMARTS) is 3. The molecular formula is C34H41F2N3O12. The quantitative estimate of drug-likeness (QED) is 0.101. The van der Waals surface area contributed by atoms with Crippen molar-refractivity contribution < 1.29 is 67.8 Å². The van der Waals surface area contributed by atoms with Crippen LogP contribution in [0.15, 0.2) is 42.5 Å². The van der Waals surface area contributed by atoms with Crippen molar-refractivity contribution in [3.63, 3.8) is 0 Å². The van der Waals surface area contributed by atoms with E-state index in [1.54, 1.807) is 0 Å². The Morgan fingerprint density at radius 2 is 1.43 bits per heavy atom.